The minimum absolute atomic E-state index is 0.0765. The smallest absolute Gasteiger partial charge is 0.314 e. The van der Waals surface area contributed by atoms with Gasteiger partial charge in [0, 0.05) is 0 Å². The molecule has 2 saturated carbocycles. The quantitative estimate of drug-likeness (QED) is 0.509. The second-order valence-electron chi connectivity index (χ2n) is 9.64. The molecule has 0 amide bonds. The molecule has 34 heavy (non-hydrogen) atoms. The fourth-order valence-corrected chi connectivity index (χ4v) is 6.32. The van der Waals surface area contributed by atoms with Gasteiger partial charge in [-0.1, -0.05) is 19.1 Å². The van der Waals surface area contributed by atoms with Crippen LogP contribution >= 0.6 is 0 Å². The molecule has 0 saturated heterocycles. The van der Waals surface area contributed by atoms with Crippen LogP contribution in [0.1, 0.15) is 63.0 Å². The molecular weight excluding hydrogens is 462 g/mol. The topological polar surface area (TPSA) is 80.7 Å². The van der Waals surface area contributed by atoms with Crippen molar-refractivity contribution in [1.29, 1.82) is 0 Å². The zero-order valence-electron chi connectivity index (χ0n) is 19.2. The van der Waals surface area contributed by atoms with Gasteiger partial charge in [0.2, 0.25) is 0 Å². The summed E-state index contributed by atoms with van der Waals surface area (Å²) in [7, 11) is -3.65. The number of carboxylic acids is 1. The van der Waals surface area contributed by atoms with Gasteiger partial charge in [-0.15, -0.1) is 0 Å². The minimum atomic E-state index is -3.65. The number of hydrogen-bond acceptors (Lipinski definition) is 4. The maximum atomic E-state index is 14.7. The van der Waals surface area contributed by atoms with Crippen molar-refractivity contribution in [3.63, 3.8) is 0 Å². The van der Waals surface area contributed by atoms with Crippen LogP contribution in [0.3, 0.4) is 0 Å². The van der Waals surface area contributed by atoms with Crippen molar-refractivity contribution in [1.82, 2.24) is 0 Å². The molecular formula is C26H30F2O5S. The fraction of sp³-hybridized carbons (Fsp3) is 0.500. The van der Waals surface area contributed by atoms with Crippen molar-refractivity contribution in [3.8, 4) is 0 Å². The predicted molar refractivity (Wildman–Crippen MR) is 123 cm³/mol. The number of benzene rings is 2. The van der Waals surface area contributed by atoms with Crippen molar-refractivity contribution >= 4 is 15.8 Å². The van der Waals surface area contributed by atoms with E-state index < -0.39 is 38.5 Å². The summed E-state index contributed by atoms with van der Waals surface area (Å²) in [5.74, 6) is -1.77. The highest BCUT2D eigenvalue weighted by atomic mass is 32.2. The van der Waals surface area contributed by atoms with Crippen molar-refractivity contribution in [3.05, 3.63) is 65.2 Å². The molecule has 184 valence electrons. The summed E-state index contributed by atoms with van der Waals surface area (Å²) >= 11 is 0. The van der Waals surface area contributed by atoms with Crippen molar-refractivity contribution in [2.24, 2.45) is 5.92 Å². The van der Waals surface area contributed by atoms with Gasteiger partial charge in [-0.05, 0) is 92.3 Å². The third-order valence-corrected chi connectivity index (χ3v) is 9.14. The molecule has 2 fully saturated rings. The first-order chi connectivity index (χ1) is 16.1. The molecule has 2 aliphatic rings. The summed E-state index contributed by atoms with van der Waals surface area (Å²) in [6.45, 7) is 2.21. The Morgan fingerprint density at radius 1 is 1.00 bits per heavy atom. The monoisotopic (exact) mass is 492 g/mol. The maximum Gasteiger partial charge on any atom is 0.314 e. The van der Waals surface area contributed by atoms with E-state index in [2.05, 4.69) is 0 Å². The van der Waals surface area contributed by atoms with E-state index in [9.17, 15) is 27.1 Å². The summed E-state index contributed by atoms with van der Waals surface area (Å²) < 4.78 is 59.9. The average Bonchev–Trinajstić information content (AvgIpc) is 3.63. The largest absolute Gasteiger partial charge is 0.481 e. The van der Waals surface area contributed by atoms with Gasteiger partial charge in [0.15, 0.2) is 9.84 Å². The Bertz CT molecular complexity index is 1150. The number of hydrogen-bond donors (Lipinski definition) is 1. The van der Waals surface area contributed by atoms with E-state index in [-0.39, 0.29) is 36.3 Å². The molecule has 2 aliphatic carbocycles. The molecule has 0 unspecified atom stereocenters. The van der Waals surface area contributed by atoms with Crippen LogP contribution < -0.4 is 0 Å². The van der Waals surface area contributed by atoms with Crippen LogP contribution in [0.5, 0.6) is 0 Å². The zero-order chi connectivity index (χ0) is 24.6. The zero-order valence-corrected chi connectivity index (χ0v) is 20.0. The van der Waals surface area contributed by atoms with Gasteiger partial charge in [-0.25, -0.2) is 17.2 Å². The maximum absolute atomic E-state index is 14.7. The predicted octanol–water partition coefficient (Wildman–Crippen LogP) is 5.37. The first-order valence-electron chi connectivity index (χ1n) is 11.8. The van der Waals surface area contributed by atoms with Crippen molar-refractivity contribution in [2.45, 2.75) is 67.8 Å². The molecule has 0 aromatic heterocycles. The van der Waals surface area contributed by atoms with Gasteiger partial charge >= 0.3 is 5.97 Å². The molecule has 2 aromatic rings. The standard InChI is InChI=1S/C26H30F2O5S/c1-2-13-34(31,32)23-15-20(14-22(28)16-23)26(33-17-18-3-4-18)11-9-25(10-12-26,24(29)30)19-5-7-21(27)8-6-19/h5-8,14-16,18H,2-4,9-13,17H2,1H3,(H,29,30). The van der Waals surface area contributed by atoms with Crippen LogP contribution in [0.25, 0.3) is 0 Å². The average molecular weight is 493 g/mol. The highest BCUT2D eigenvalue weighted by molar-refractivity contribution is 7.91. The number of sulfone groups is 1. The highest BCUT2D eigenvalue weighted by Crippen LogP contribution is 2.50. The number of carbonyl (C=O) groups is 1. The van der Waals surface area contributed by atoms with Crippen LogP contribution in [0.4, 0.5) is 8.78 Å². The van der Waals surface area contributed by atoms with Gasteiger partial charge in [0.05, 0.1) is 28.3 Å². The first-order valence-corrected chi connectivity index (χ1v) is 13.4. The third kappa shape index (κ3) is 4.89. The Morgan fingerprint density at radius 3 is 2.21 bits per heavy atom. The van der Waals surface area contributed by atoms with E-state index in [1.54, 1.807) is 6.92 Å². The SMILES string of the molecule is CCCS(=O)(=O)c1cc(F)cc(C2(OCC3CC3)CCC(C(=O)O)(c3ccc(F)cc3)CC2)c1. The van der Waals surface area contributed by atoms with E-state index >= 15 is 0 Å². The lowest BCUT2D eigenvalue weighted by Gasteiger charge is -2.45. The molecule has 0 spiro atoms. The lowest BCUT2D eigenvalue weighted by atomic mass is 9.63. The molecule has 0 bridgehead atoms. The number of rotatable bonds is 9. The number of ether oxygens (including phenoxy) is 1. The van der Waals surface area contributed by atoms with Gasteiger partial charge in [0.25, 0.3) is 0 Å². The summed E-state index contributed by atoms with van der Waals surface area (Å²) in [5.41, 5.74) is -1.26. The normalized spacial score (nSPS) is 25.3. The molecule has 5 nitrogen and oxygen atoms in total. The van der Waals surface area contributed by atoms with E-state index in [0.29, 0.717) is 30.1 Å². The third-order valence-electron chi connectivity index (χ3n) is 7.24. The minimum Gasteiger partial charge on any atom is -0.481 e. The molecule has 1 N–H and O–H groups in total. The Labute approximate surface area is 199 Å². The molecule has 2 aromatic carbocycles. The molecule has 8 heteroatoms. The molecule has 0 atom stereocenters. The summed E-state index contributed by atoms with van der Waals surface area (Å²) in [5, 5.41) is 10.2. The van der Waals surface area contributed by atoms with Gasteiger partial charge < -0.3 is 9.84 Å². The summed E-state index contributed by atoms with van der Waals surface area (Å²) in [4.78, 5) is 12.3. The number of aliphatic carboxylic acids is 1. The van der Waals surface area contributed by atoms with E-state index in [1.165, 1.54) is 36.4 Å². The molecule has 0 heterocycles. The van der Waals surface area contributed by atoms with Crippen molar-refractivity contribution < 1.29 is 31.8 Å². The van der Waals surface area contributed by atoms with Gasteiger partial charge in [-0.3, -0.25) is 4.79 Å². The van der Waals surface area contributed by atoms with E-state index in [0.717, 1.165) is 18.9 Å². The first kappa shape index (κ1) is 24.8. The second kappa shape index (κ2) is 9.38. The molecule has 4 rings (SSSR count). The lowest BCUT2D eigenvalue weighted by molar-refractivity contribution is -0.151. The second-order valence-corrected chi connectivity index (χ2v) is 11.7. The highest BCUT2D eigenvalue weighted by Gasteiger charge is 2.50. The lowest BCUT2D eigenvalue weighted by Crippen LogP contribution is -2.46. The summed E-state index contributed by atoms with van der Waals surface area (Å²) in [6.07, 6.45) is 3.46. The van der Waals surface area contributed by atoms with E-state index in [4.69, 9.17) is 4.74 Å². The summed E-state index contributed by atoms with van der Waals surface area (Å²) in [6, 6.07) is 9.34. The Hall–Kier alpha value is -2.32. The molecule has 0 radical (unpaired) electrons. The Balaban J connectivity index is 1.71. The van der Waals surface area contributed by atoms with Crippen LogP contribution in [-0.4, -0.2) is 31.9 Å². The van der Waals surface area contributed by atoms with Gasteiger partial charge in [0.1, 0.15) is 11.6 Å². The van der Waals surface area contributed by atoms with Crippen LogP contribution in [-0.2, 0) is 30.4 Å². The number of halogens is 2. The molecule has 0 aliphatic heterocycles. The number of carboxylic acid groups (broad SMARTS) is 1. The fourth-order valence-electron chi connectivity index (χ4n) is 4.95. The van der Waals surface area contributed by atoms with Crippen LogP contribution in [0, 0.1) is 17.6 Å². The van der Waals surface area contributed by atoms with E-state index in [1.807, 2.05) is 0 Å². The van der Waals surface area contributed by atoms with Crippen LogP contribution in [0.2, 0.25) is 0 Å². The van der Waals surface area contributed by atoms with Crippen molar-refractivity contribution in [2.75, 3.05) is 12.4 Å². The Kier molecular flexibility index (Phi) is 6.84. The van der Waals surface area contributed by atoms with Gasteiger partial charge in [-0.2, -0.15) is 0 Å². The Morgan fingerprint density at radius 2 is 1.65 bits per heavy atom. The van der Waals surface area contributed by atoms with Crippen LogP contribution in [0.15, 0.2) is 47.4 Å².